The van der Waals surface area contributed by atoms with Crippen molar-refractivity contribution in [2.75, 3.05) is 45.8 Å². The van der Waals surface area contributed by atoms with Gasteiger partial charge in [-0.1, -0.05) is 0 Å². The van der Waals surface area contributed by atoms with Crippen molar-refractivity contribution in [3.05, 3.63) is 11.1 Å². The Morgan fingerprint density at radius 1 is 1.48 bits per heavy atom. The first-order valence-corrected chi connectivity index (χ1v) is 9.01. The quantitative estimate of drug-likeness (QED) is 0.809. The maximum absolute atomic E-state index is 11.9. The van der Waals surface area contributed by atoms with Crippen LogP contribution in [0.1, 0.15) is 17.7 Å². The third-order valence-corrected chi connectivity index (χ3v) is 5.74. The average molecular weight is 338 g/mol. The minimum atomic E-state index is -0.00214. The van der Waals surface area contributed by atoms with E-state index in [1.54, 1.807) is 18.4 Å². The highest BCUT2D eigenvalue weighted by Gasteiger charge is 2.42. The monoisotopic (exact) mass is 338 g/mol. The van der Waals surface area contributed by atoms with Crippen LogP contribution in [0.3, 0.4) is 0 Å². The Labute approximate surface area is 141 Å². The highest BCUT2D eigenvalue weighted by Crippen LogP contribution is 2.41. The summed E-state index contributed by atoms with van der Waals surface area (Å²) in [4.78, 5) is 22.1. The zero-order valence-corrected chi connectivity index (χ0v) is 14.9. The molecule has 1 aromatic rings. The van der Waals surface area contributed by atoms with Crippen molar-refractivity contribution >= 4 is 22.4 Å². The number of anilines is 1. The smallest absolute Gasteiger partial charge is 0.246 e. The maximum Gasteiger partial charge on any atom is 0.246 e. The molecule has 23 heavy (non-hydrogen) atoms. The molecule has 0 spiro atoms. The molecule has 0 bridgehead atoms. The third kappa shape index (κ3) is 4.22. The summed E-state index contributed by atoms with van der Waals surface area (Å²) in [6.45, 7) is 3.06. The molecule has 1 N–H and O–H groups in total. The second-order valence-electron chi connectivity index (χ2n) is 6.81. The van der Waals surface area contributed by atoms with E-state index in [0.717, 1.165) is 30.7 Å². The molecule has 6 nitrogen and oxygen atoms in total. The Morgan fingerprint density at radius 2 is 2.26 bits per heavy atom. The fourth-order valence-corrected chi connectivity index (χ4v) is 4.25. The lowest BCUT2D eigenvalue weighted by Gasteiger charge is -2.19. The molecule has 1 aliphatic heterocycles. The Balaban J connectivity index is 1.59. The zero-order valence-electron chi connectivity index (χ0n) is 14.1. The molecule has 2 aliphatic rings. The van der Waals surface area contributed by atoms with E-state index in [9.17, 15) is 4.79 Å². The summed E-state index contributed by atoms with van der Waals surface area (Å²) in [6, 6.07) is 0.256. The largest absolute Gasteiger partial charge is 0.375 e. The molecule has 0 aromatic carbocycles. The molecule has 3 rings (SSSR count). The molecule has 1 aliphatic carbocycles. The van der Waals surface area contributed by atoms with Crippen LogP contribution in [-0.2, 0) is 16.1 Å². The van der Waals surface area contributed by atoms with E-state index < -0.39 is 0 Å². The van der Waals surface area contributed by atoms with Crippen molar-refractivity contribution in [3.63, 3.8) is 0 Å². The van der Waals surface area contributed by atoms with Gasteiger partial charge in [-0.05, 0) is 24.7 Å². The van der Waals surface area contributed by atoms with Gasteiger partial charge in [0.25, 0.3) is 0 Å². The molecule has 2 heterocycles. The van der Waals surface area contributed by atoms with Crippen LogP contribution >= 0.6 is 11.3 Å². The van der Waals surface area contributed by atoms with Crippen molar-refractivity contribution in [1.82, 2.24) is 15.2 Å². The van der Waals surface area contributed by atoms with Gasteiger partial charge in [-0.25, -0.2) is 4.98 Å². The summed E-state index contributed by atoms with van der Waals surface area (Å²) >= 11 is 1.74. The van der Waals surface area contributed by atoms with Crippen molar-refractivity contribution in [1.29, 1.82) is 0 Å². The van der Waals surface area contributed by atoms with E-state index in [-0.39, 0.29) is 18.6 Å². The first-order valence-electron chi connectivity index (χ1n) is 8.19. The number of methoxy groups -OCH3 is 1. The number of thiazole rings is 1. The number of amides is 1. The molecule has 1 saturated carbocycles. The highest BCUT2D eigenvalue weighted by atomic mass is 32.1. The van der Waals surface area contributed by atoms with Gasteiger partial charge in [0, 0.05) is 58.0 Å². The molecule has 7 heteroatoms. The summed E-state index contributed by atoms with van der Waals surface area (Å²) in [6.07, 6.45) is 4.59. The average Bonchev–Trinajstić information content (AvgIpc) is 3.10. The number of rotatable bonds is 7. The Hall–Kier alpha value is -1.18. The van der Waals surface area contributed by atoms with Crippen LogP contribution in [0.5, 0.6) is 0 Å². The summed E-state index contributed by atoms with van der Waals surface area (Å²) < 4.78 is 4.94. The highest BCUT2D eigenvalue weighted by molar-refractivity contribution is 7.15. The third-order valence-electron chi connectivity index (χ3n) is 4.59. The number of nitrogens with zero attached hydrogens (tertiary/aromatic N) is 3. The van der Waals surface area contributed by atoms with Crippen LogP contribution in [0.2, 0.25) is 0 Å². The van der Waals surface area contributed by atoms with Crippen molar-refractivity contribution in [2.45, 2.75) is 25.4 Å². The van der Waals surface area contributed by atoms with E-state index in [1.807, 2.05) is 25.2 Å². The van der Waals surface area contributed by atoms with Crippen LogP contribution in [-0.4, -0.2) is 62.7 Å². The lowest BCUT2D eigenvalue weighted by Crippen LogP contribution is -2.42. The molecule has 0 unspecified atom stereocenters. The molecule has 2 atom stereocenters. The molecule has 2 fully saturated rings. The molecule has 1 amide bonds. The number of hydrogen-bond donors (Lipinski definition) is 1. The summed E-state index contributed by atoms with van der Waals surface area (Å²) in [7, 11) is 5.59. The minimum absolute atomic E-state index is 0.00214. The number of ether oxygens (including phenoxy) is 1. The lowest BCUT2D eigenvalue weighted by atomic mass is 9.98. The SMILES string of the molecule is COCC(=O)N[C@@H]1CN(Cc2cnc(N(C)C)s2)C[C@H]1C1CC1. The van der Waals surface area contributed by atoms with Gasteiger partial charge in [-0.2, -0.15) is 0 Å². The van der Waals surface area contributed by atoms with E-state index in [2.05, 4.69) is 15.2 Å². The topological polar surface area (TPSA) is 57.7 Å². The molecule has 128 valence electrons. The zero-order chi connectivity index (χ0) is 16.4. The molecule has 1 saturated heterocycles. The van der Waals surface area contributed by atoms with Gasteiger partial charge in [-0.3, -0.25) is 9.69 Å². The normalized spacial score (nSPS) is 24.8. The van der Waals surface area contributed by atoms with Gasteiger partial charge in [-0.15, -0.1) is 11.3 Å². The van der Waals surface area contributed by atoms with Gasteiger partial charge in [0.05, 0.1) is 0 Å². The number of likely N-dealkylation sites (tertiary alicyclic amines) is 1. The van der Waals surface area contributed by atoms with Crippen LogP contribution in [0.25, 0.3) is 0 Å². The Bertz CT molecular complexity index is 544. The van der Waals surface area contributed by atoms with E-state index in [1.165, 1.54) is 17.7 Å². The second-order valence-corrected chi connectivity index (χ2v) is 7.90. The first kappa shape index (κ1) is 16.7. The van der Waals surface area contributed by atoms with E-state index in [0.29, 0.717) is 5.92 Å². The van der Waals surface area contributed by atoms with Gasteiger partial charge in [0.2, 0.25) is 5.91 Å². The van der Waals surface area contributed by atoms with Gasteiger partial charge in [0.1, 0.15) is 6.61 Å². The first-order chi connectivity index (χ1) is 11.1. The maximum atomic E-state index is 11.9. The Kier molecular flexibility index (Phi) is 5.18. The predicted molar refractivity (Wildman–Crippen MR) is 91.7 cm³/mol. The standard InChI is InChI=1S/C16H26N4O2S/c1-19(2)16-17-6-12(23-16)7-20-8-13(11-4-5-11)14(9-20)18-15(21)10-22-3/h6,11,13-14H,4-5,7-10H2,1-3H3,(H,18,21)/t13-,14+/m0/s1. The molecule has 0 radical (unpaired) electrons. The van der Waals surface area contributed by atoms with Gasteiger partial charge in [0.15, 0.2) is 5.13 Å². The minimum Gasteiger partial charge on any atom is -0.375 e. The van der Waals surface area contributed by atoms with Crippen LogP contribution in [0.4, 0.5) is 5.13 Å². The molecule has 1 aromatic heterocycles. The number of carbonyl (C=O) groups is 1. The molecular weight excluding hydrogens is 312 g/mol. The Morgan fingerprint density at radius 3 is 2.87 bits per heavy atom. The lowest BCUT2D eigenvalue weighted by molar-refractivity contribution is -0.125. The molecular formula is C16H26N4O2S. The number of nitrogens with one attached hydrogen (secondary N) is 1. The number of hydrogen-bond acceptors (Lipinski definition) is 6. The van der Waals surface area contributed by atoms with Crippen LogP contribution < -0.4 is 10.2 Å². The number of carbonyl (C=O) groups excluding carboxylic acids is 1. The fraction of sp³-hybridized carbons (Fsp3) is 0.750. The van der Waals surface area contributed by atoms with Gasteiger partial charge < -0.3 is 15.0 Å². The second kappa shape index (κ2) is 7.15. The van der Waals surface area contributed by atoms with Crippen molar-refractivity contribution in [3.8, 4) is 0 Å². The summed E-state index contributed by atoms with van der Waals surface area (Å²) in [5, 5.41) is 4.21. The summed E-state index contributed by atoms with van der Waals surface area (Å²) in [5.41, 5.74) is 0. The van der Waals surface area contributed by atoms with Crippen LogP contribution in [0.15, 0.2) is 6.20 Å². The summed E-state index contributed by atoms with van der Waals surface area (Å²) in [5.74, 6) is 1.36. The van der Waals surface area contributed by atoms with E-state index in [4.69, 9.17) is 4.74 Å². The van der Waals surface area contributed by atoms with Gasteiger partial charge >= 0.3 is 0 Å². The number of aromatic nitrogens is 1. The van der Waals surface area contributed by atoms with Crippen molar-refractivity contribution < 1.29 is 9.53 Å². The van der Waals surface area contributed by atoms with Crippen LogP contribution in [0, 0.1) is 11.8 Å². The fourth-order valence-electron chi connectivity index (χ4n) is 3.37. The van der Waals surface area contributed by atoms with Crippen molar-refractivity contribution in [2.24, 2.45) is 11.8 Å². The van der Waals surface area contributed by atoms with E-state index >= 15 is 0 Å². The predicted octanol–water partition coefficient (Wildman–Crippen LogP) is 1.18.